The monoisotopic (exact) mass is 559 g/mol. The predicted molar refractivity (Wildman–Crippen MR) is 151 cm³/mol. The van der Waals surface area contributed by atoms with Crippen LogP contribution in [0.4, 0.5) is 18.9 Å². The van der Waals surface area contributed by atoms with E-state index in [2.05, 4.69) is 16.0 Å². The summed E-state index contributed by atoms with van der Waals surface area (Å²) in [5.74, 6) is -1.01. The highest BCUT2D eigenvalue weighted by molar-refractivity contribution is 6.08. The first-order valence-corrected chi connectivity index (χ1v) is 12.9. The molecule has 4 aromatic carbocycles. The summed E-state index contributed by atoms with van der Waals surface area (Å²) in [6.07, 6.45) is -4.20. The maximum atomic E-state index is 13.1. The lowest BCUT2D eigenvalue weighted by Crippen LogP contribution is -2.39. The SMILES string of the molecule is CCC(=O)NC(C(=O)NCc1ccc(NC(=O)c2ccccc2-c2ccc(C(F)(F)F)cc2)cc1)c1ccccc1. The lowest BCUT2D eigenvalue weighted by molar-refractivity contribution is -0.137. The fourth-order valence-electron chi connectivity index (χ4n) is 4.18. The van der Waals surface area contributed by atoms with Gasteiger partial charge in [-0.3, -0.25) is 14.4 Å². The van der Waals surface area contributed by atoms with Crippen molar-refractivity contribution >= 4 is 23.4 Å². The average molecular weight is 560 g/mol. The van der Waals surface area contributed by atoms with E-state index in [9.17, 15) is 27.6 Å². The summed E-state index contributed by atoms with van der Waals surface area (Å²) in [6.45, 7) is 1.91. The van der Waals surface area contributed by atoms with Crippen LogP contribution >= 0.6 is 0 Å². The molecule has 0 bridgehead atoms. The second kappa shape index (κ2) is 13.0. The summed E-state index contributed by atoms with van der Waals surface area (Å²) in [5.41, 5.74) is 2.48. The zero-order chi connectivity index (χ0) is 29.4. The van der Waals surface area contributed by atoms with E-state index in [1.807, 2.05) is 6.07 Å². The first-order chi connectivity index (χ1) is 19.7. The molecule has 1 unspecified atom stereocenters. The fourth-order valence-corrected chi connectivity index (χ4v) is 4.18. The van der Waals surface area contributed by atoms with Crippen molar-refractivity contribution in [2.75, 3.05) is 5.32 Å². The summed E-state index contributed by atoms with van der Waals surface area (Å²) >= 11 is 0. The highest BCUT2D eigenvalue weighted by atomic mass is 19.4. The molecule has 41 heavy (non-hydrogen) atoms. The highest BCUT2D eigenvalue weighted by Crippen LogP contribution is 2.32. The van der Waals surface area contributed by atoms with E-state index in [1.54, 1.807) is 79.7 Å². The summed E-state index contributed by atoms with van der Waals surface area (Å²) in [7, 11) is 0. The largest absolute Gasteiger partial charge is 0.416 e. The van der Waals surface area contributed by atoms with Gasteiger partial charge in [-0.25, -0.2) is 0 Å². The Morgan fingerprint density at radius 2 is 1.41 bits per heavy atom. The standard InChI is InChI=1S/C32H28F3N3O3/c1-2-28(39)38-29(23-8-4-3-5-9-23)31(41)36-20-21-12-18-25(19-13-21)37-30(40)27-11-7-6-10-26(27)22-14-16-24(17-15-22)32(33,34)35/h3-19,29H,2,20H2,1H3,(H,36,41)(H,37,40)(H,38,39). The molecule has 0 heterocycles. The van der Waals surface area contributed by atoms with Crippen molar-refractivity contribution < 1.29 is 27.6 Å². The number of carbonyl (C=O) groups is 3. The Labute approximate surface area is 235 Å². The number of alkyl halides is 3. The zero-order valence-electron chi connectivity index (χ0n) is 22.2. The summed E-state index contributed by atoms with van der Waals surface area (Å²) in [4.78, 5) is 38.0. The predicted octanol–water partition coefficient (Wildman–Crippen LogP) is 6.51. The number of nitrogens with one attached hydrogen (secondary N) is 3. The van der Waals surface area contributed by atoms with Gasteiger partial charge in [0.05, 0.1) is 5.56 Å². The number of anilines is 1. The lowest BCUT2D eigenvalue weighted by Gasteiger charge is -2.19. The van der Waals surface area contributed by atoms with Crippen molar-refractivity contribution in [1.82, 2.24) is 10.6 Å². The zero-order valence-corrected chi connectivity index (χ0v) is 22.2. The van der Waals surface area contributed by atoms with E-state index in [1.165, 1.54) is 12.1 Å². The minimum absolute atomic E-state index is 0.204. The molecule has 0 aromatic heterocycles. The Bertz CT molecular complexity index is 1500. The van der Waals surface area contributed by atoms with Gasteiger partial charge in [0.2, 0.25) is 11.8 Å². The van der Waals surface area contributed by atoms with E-state index >= 15 is 0 Å². The Kier molecular flexibility index (Phi) is 9.19. The minimum atomic E-state index is -4.45. The van der Waals surface area contributed by atoms with E-state index < -0.39 is 23.7 Å². The second-order valence-corrected chi connectivity index (χ2v) is 9.25. The third kappa shape index (κ3) is 7.60. The summed E-state index contributed by atoms with van der Waals surface area (Å²) < 4.78 is 38.9. The van der Waals surface area contributed by atoms with Gasteiger partial charge in [-0.05, 0) is 52.6 Å². The lowest BCUT2D eigenvalue weighted by atomic mass is 9.98. The van der Waals surface area contributed by atoms with Gasteiger partial charge in [0, 0.05) is 24.2 Å². The number of carbonyl (C=O) groups excluding carboxylic acids is 3. The molecule has 6 nitrogen and oxygen atoms in total. The molecule has 0 saturated carbocycles. The van der Waals surface area contributed by atoms with Crippen LogP contribution < -0.4 is 16.0 Å². The molecule has 0 aliphatic rings. The maximum absolute atomic E-state index is 13.1. The van der Waals surface area contributed by atoms with Gasteiger partial charge in [-0.15, -0.1) is 0 Å². The summed E-state index contributed by atoms with van der Waals surface area (Å²) in [5, 5.41) is 8.39. The molecule has 4 rings (SSSR count). The maximum Gasteiger partial charge on any atom is 0.416 e. The first-order valence-electron chi connectivity index (χ1n) is 12.9. The van der Waals surface area contributed by atoms with Crippen LogP contribution in [0.5, 0.6) is 0 Å². The molecule has 4 aromatic rings. The topological polar surface area (TPSA) is 87.3 Å². The van der Waals surface area contributed by atoms with Gasteiger partial charge < -0.3 is 16.0 Å². The van der Waals surface area contributed by atoms with E-state index in [0.29, 0.717) is 27.9 Å². The van der Waals surface area contributed by atoms with Crippen LogP contribution in [-0.4, -0.2) is 17.7 Å². The molecule has 0 spiro atoms. The molecule has 0 saturated heterocycles. The van der Waals surface area contributed by atoms with E-state index in [-0.39, 0.29) is 24.8 Å². The van der Waals surface area contributed by atoms with Crippen LogP contribution in [0.3, 0.4) is 0 Å². The van der Waals surface area contributed by atoms with E-state index in [4.69, 9.17) is 0 Å². The molecule has 210 valence electrons. The Morgan fingerprint density at radius 1 is 0.780 bits per heavy atom. The number of hydrogen-bond donors (Lipinski definition) is 3. The molecule has 0 radical (unpaired) electrons. The number of rotatable bonds is 9. The normalized spacial score (nSPS) is 11.8. The third-order valence-electron chi connectivity index (χ3n) is 6.40. The van der Waals surface area contributed by atoms with Crippen molar-refractivity contribution in [3.05, 3.63) is 125 Å². The second-order valence-electron chi connectivity index (χ2n) is 9.25. The molecule has 0 aliphatic heterocycles. The Hall–Kier alpha value is -4.92. The molecule has 1 atom stereocenters. The Morgan fingerprint density at radius 3 is 2.05 bits per heavy atom. The molecule has 0 fully saturated rings. The van der Waals surface area contributed by atoms with E-state index in [0.717, 1.165) is 17.7 Å². The quantitative estimate of drug-likeness (QED) is 0.219. The van der Waals surface area contributed by atoms with Crippen molar-refractivity contribution in [1.29, 1.82) is 0 Å². The summed E-state index contributed by atoms with van der Waals surface area (Å²) in [6, 6.07) is 26.3. The third-order valence-corrected chi connectivity index (χ3v) is 6.40. The fraction of sp³-hybridized carbons (Fsp3) is 0.156. The Balaban J connectivity index is 1.41. The smallest absolute Gasteiger partial charge is 0.350 e. The molecular weight excluding hydrogens is 531 g/mol. The van der Waals surface area contributed by atoms with Gasteiger partial charge in [0.15, 0.2) is 0 Å². The van der Waals surface area contributed by atoms with Crippen LogP contribution in [0, 0.1) is 0 Å². The molecule has 3 N–H and O–H groups in total. The number of amides is 3. The van der Waals surface area contributed by atoms with Gasteiger partial charge in [-0.2, -0.15) is 13.2 Å². The van der Waals surface area contributed by atoms with Crippen LogP contribution in [0.25, 0.3) is 11.1 Å². The molecule has 0 aliphatic carbocycles. The van der Waals surface area contributed by atoms with Gasteiger partial charge >= 0.3 is 6.18 Å². The van der Waals surface area contributed by atoms with Crippen LogP contribution in [0.1, 0.15) is 46.4 Å². The highest BCUT2D eigenvalue weighted by Gasteiger charge is 2.30. The number of benzene rings is 4. The van der Waals surface area contributed by atoms with Crippen molar-refractivity contribution in [3.63, 3.8) is 0 Å². The number of halogens is 3. The van der Waals surface area contributed by atoms with Crippen molar-refractivity contribution in [2.24, 2.45) is 0 Å². The first kappa shape index (κ1) is 29.1. The van der Waals surface area contributed by atoms with Crippen LogP contribution in [-0.2, 0) is 22.3 Å². The number of hydrogen-bond acceptors (Lipinski definition) is 3. The molecule has 9 heteroatoms. The van der Waals surface area contributed by atoms with Gasteiger partial charge in [-0.1, -0.05) is 79.7 Å². The van der Waals surface area contributed by atoms with Gasteiger partial charge in [0.1, 0.15) is 6.04 Å². The van der Waals surface area contributed by atoms with Crippen molar-refractivity contribution in [2.45, 2.75) is 32.1 Å². The molecular formula is C32H28F3N3O3. The van der Waals surface area contributed by atoms with Crippen LogP contribution in [0.15, 0.2) is 103 Å². The van der Waals surface area contributed by atoms with Crippen LogP contribution in [0.2, 0.25) is 0 Å². The average Bonchev–Trinajstić information content (AvgIpc) is 2.99. The minimum Gasteiger partial charge on any atom is -0.350 e. The van der Waals surface area contributed by atoms with Gasteiger partial charge in [0.25, 0.3) is 5.91 Å². The molecule has 3 amide bonds. The van der Waals surface area contributed by atoms with Crippen molar-refractivity contribution in [3.8, 4) is 11.1 Å².